The molecule has 2 heterocycles. The number of hydrazone groups is 1. The van der Waals surface area contributed by atoms with Crippen LogP contribution in [0.1, 0.15) is 29.5 Å². The summed E-state index contributed by atoms with van der Waals surface area (Å²) < 4.78 is 0. The standard InChI is InChI=1S/C29H31N7O/c1-21-11-13-25(14-12-21)31-27-32-28(35-30-20-24-9-5-6-10-26(24)37)34-29(33-27)36-17-15-23(16-18-36)19-22-7-3-2-4-8-22/h2-14,20,23,37H,15-19H2,1H3,(H2,31,32,33,34,35)/b30-20+. The zero-order valence-electron chi connectivity index (χ0n) is 20.9. The maximum atomic E-state index is 9.99. The molecule has 3 aromatic carbocycles. The van der Waals surface area contributed by atoms with Crippen LogP contribution in [-0.2, 0) is 6.42 Å². The van der Waals surface area contributed by atoms with E-state index in [1.807, 2.05) is 30.3 Å². The predicted molar refractivity (Wildman–Crippen MR) is 149 cm³/mol. The van der Waals surface area contributed by atoms with Crippen LogP contribution in [0.4, 0.5) is 23.5 Å². The number of aromatic nitrogens is 3. The third kappa shape index (κ3) is 6.61. The summed E-state index contributed by atoms with van der Waals surface area (Å²) in [5.41, 5.74) is 6.97. The fourth-order valence-electron chi connectivity index (χ4n) is 4.42. The van der Waals surface area contributed by atoms with Crippen LogP contribution >= 0.6 is 0 Å². The molecule has 0 saturated carbocycles. The predicted octanol–water partition coefficient (Wildman–Crippen LogP) is 5.53. The van der Waals surface area contributed by atoms with Crippen LogP contribution in [0.15, 0.2) is 84.0 Å². The first-order chi connectivity index (χ1) is 18.1. The van der Waals surface area contributed by atoms with Crippen LogP contribution in [0.3, 0.4) is 0 Å². The zero-order valence-corrected chi connectivity index (χ0v) is 20.9. The number of hydrogen-bond donors (Lipinski definition) is 3. The minimum Gasteiger partial charge on any atom is -0.507 e. The summed E-state index contributed by atoms with van der Waals surface area (Å²) in [5, 5.41) is 17.5. The van der Waals surface area contributed by atoms with Gasteiger partial charge < -0.3 is 15.3 Å². The second-order valence-corrected chi connectivity index (χ2v) is 9.32. The Bertz CT molecular complexity index is 1330. The molecule has 4 aromatic rings. The summed E-state index contributed by atoms with van der Waals surface area (Å²) in [6.07, 6.45) is 4.80. The Morgan fingerprint density at radius 2 is 1.59 bits per heavy atom. The molecule has 1 aromatic heterocycles. The number of benzene rings is 3. The summed E-state index contributed by atoms with van der Waals surface area (Å²) in [6, 6.07) is 25.8. The second-order valence-electron chi connectivity index (χ2n) is 9.32. The molecule has 5 rings (SSSR count). The molecule has 0 atom stereocenters. The van der Waals surface area contributed by atoms with Gasteiger partial charge in [-0.2, -0.15) is 20.1 Å². The van der Waals surface area contributed by atoms with Gasteiger partial charge in [0.15, 0.2) is 0 Å². The number of nitrogens with one attached hydrogen (secondary N) is 2. The van der Waals surface area contributed by atoms with E-state index >= 15 is 0 Å². The molecule has 0 aliphatic carbocycles. The van der Waals surface area contributed by atoms with Gasteiger partial charge in [-0.15, -0.1) is 0 Å². The topological polar surface area (TPSA) is 98.6 Å². The average molecular weight is 494 g/mol. The van der Waals surface area contributed by atoms with Gasteiger partial charge in [0.05, 0.1) is 6.21 Å². The van der Waals surface area contributed by atoms with Crippen LogP contribution in [0, 0.1) is 12.8 Å². The number of aryl methyl sites for hydroxylation is 1. The first kappa shape index (κ1) is 24.2. The molecule has 0 bridgehead atoms. The summed E-state index contributed by atoms with van der Waals surface area (Å²) in [5.74, 6) is 2.19. The average Bonchev–Trinajstić information content (AvgIpc) is 2.92. The van der Waals surface area contributed by atoms with E-state index in [0.717, 1.165) is 38.0 Å². The van der Waals surface area contributed by atoms with E-state index in [2.05, 4.69) is 68.0 Å². The van der Waals surface area contributed by atoms with Crippen LogP contribution in [0.5, 0.6) is 5.75 Å². The Labute approximate surface area is 217 Å². The van der Waals surface area contributed by atoms with Gasteiger partial charge in [-0.1, -0.05) is 60.2 Å². The zero-order chi connectivity index (χ0) is 25.5. The van der Waals surface area contributed by atoms with E-state index < -0.39 is 0 Å². The van der Waals surface area contributed by atoms with E-state index in [0.29, 0.717) is 29.3 Å². The van der Waals surface area contributed by atoms with Crippen molar-refractivity contribution < 1.29 is 5.11 Å². The van der Waals surface area contributed by atoms with Gasteiger partial charge in [-0.25, -0.2) is 5.43 Å². The van der Waals surface area contributed by atoms with Gasteiger partial charge in [0.2, 0.25) is 17.8 Å². The molecule has 0 unspecified atom stereocenters. The lowest BCUT2D eigenvalue weighted by atomic mass is 9.90. The van der Waals surface area contributed by atoms with E-state index in [1.165, 1.54) is 11.1 Å². The first-order valence-electron chi connectivity index (χ1n) is 12.6. The summed E-state index contributed by atoms with van der Waals surface area (Å²) in [4.78, 5) is 16.1. The van der Waals surface area contributed by atoms with Crippen molar-refractivity contribution in [1.29, 1.82) is 0 Å². The highest BCUT2D eigenvalue weighted by atomic mass is 16.3. The fraction of sp³-hybridized carbons (Fsp3) is 0.241. The SMILES string of the molecule is Cc1ccc(Nc2nc(N/N=C/c3ccccc3O)nc(N3CCC(Cc4ccccc4)CC3)n2)cc1. The third-order valence-electron chi connectivity index (χ3n) is 6.50. The normalized spacial score (nSPS) is 14.1. The van der Waals surface area contributed by atoms with Crippen molar-refractivity contribution in [2.24, 2.45) is 11.0 Å². The smallest absolute Gasteiger partial charge is 0.250 e. The van der Waals surface area contributed by atoms with Crippen molar-refractivity contribution in [2.45, 2.75) is 26.2 Å². The maximum Gasteiger partial charge on any atom is 0.250 e. The number of nitrogens with zero attached hydrogens (tertiary/aromatic N) is 5. The van der Waals surface area contributed by atoms with Gasteiger partial charge in [-0.05, 0) is 61.9 Å². The largest absolute Gasteiger partial charge is 0.507 e. The molecular weight excluding hydrogens is 462 g/mol. The molecule has 8 heteroatoms. The summed E-state index contributed by atoms with van der Waals surface area (Å²) >= 11 is 0. The number of rotatable bonds is 8. The second kappa shape index (κ2) is 11.5. The van der Waals surface area contributed by atoms with Crippen molar-refractivity contribution in [3.63, 3.8) is 0 Å². The molecule has 0 radical (unpaired) electrons. The van der Waals surface area contributed by atoms with Crippen molar-refractivity contribution in [3.05, 3.63) is 95.6 Å². The Hall–Kier alpha value is -4.46. The van der Waals surface area contributed by atoms with Gasteiger partial charge >= 0.3 is 0 Å². The molecular formula is C29H31N7O. The monoisotopic (exact) mass is 493 g/mol. The van der Waals surface area contributed by atoms with Crippen LogP contribution in [0.25, 0.3) is 0 Å². The minimum absolute atomic E-state index is 0.157. The van der Waals surface area contributed by atoms with Crippen LogP contribution < -0.4 is 15.6 Å². The van der Waals surface area contributed by atoms with Crippen LogP contribution in [-0.4, -0.2) is 39.4 Å². The highest BCUT2D eigenvalue weighted by Gasteiger charge is 2.22. The molecule has 0 spiro atoms. The lowest BCUT2D eigenvalue weighted by molar-refractivity contribution is 0.400. The number of aromatic hydroxyl groups is 1. The molecule has 1 saturated heterocycles. The molecule has 1 fully saturated rings. The number of piperidine rings is 1. The number of hydrogen-bond acceptors (Lipinski definition) is 8. The fourth-order valence-corrected chi connectivity index (χ4v) is 4.42. The molecule has 1 aliphatic heterocycles. The summed E-state index contributed by atoms with van der Waals surface area (Å²) in [6.45, 7) is 3.81. The van der Waals surface area contributed by atoms with Gasteiger partial charge in [0.1, 0.15) is 5.75 Å². The summed E-state index contributed by atoms with van der Waals surface area (Å²) in [7, 11) is 0. The highest BCUT2D eigenvalue weighted by molar-refractivity contribution is 5.83. The van der Waals surface area contributed by atoms with E-state index in [1.54, 1.807) is 24.4 Å². The van der Waals surface area contributed by atoms with E-state index in [9.17, 15) is 5.11 Å². The van der Waals surface area contributed by atoms with Gasteiger partial charge in [-0.3, -0.25) is 0 Å². The van der Waals surface area contributed by atoms with Crippen LogP contribution in [0.2, 0.25) is 0 Å². The van der Waals surface area contributed by atoms with Crippen molar-refractivity contribution in [2.75, 3.05) is 28.7 Å². The van der Waals surface area contributed by atoms with E-state index in [4.69, 9.17) is 4.98 Å². The molecule has 0 amide bonds. The Balaban J connectivity index is 1.32. The first-order valence-corrected chi connectivity index (χ1v) is 12.6. The Morgan fingerprint density at radius 1 is 0.892 bits per heavy atom. The molecule has 37 heavy (non-hydrogen) atoms. The van der Waals surface area contributed by atoms with Crippen molar-refractivity contribution in [1.82, 2.24) is 15.0 Å². The molecule has 8 nitrogen and oxygen atoms in total. The van der Waals surface area contributed by atoms with Gasteiger partial charge in [0, 0.05) is 24.3 Å². The van der Waals surface area contributed by atoms with Crippen molar-refractivity contribution >= 4 is 29.7 Å². The van der Waals surface area contributed by atoms with Crippen molar-refractivity contribution in [3.8, 4) is 5.75 Å². The number of phenols is 1. The number of anilines is 4. The lowest BCUT2D eigenvalue weighted by Crippen LogP contribution is -2.35. The Morgan fingerprint density at radius 3 is 2.35 bits per heavy atom. The quantitative estimate of drug-likeness (QED) is 0.219. The highest BCUT2D eigenvalue weighted by Crippen LogP contribution is 2.26. The van der Waals surface area contributed by atoms with Gasteiger partial charge in [0.25, 0.3) is 0 Å². The minimum atomic E-state index is 0.157. The lowest BCUT2D eigenvalue weighted by Gasteiger charge is -2.32. The third-order valence-corrected chi connectivity index (χ3v) is 6.50. The maximum absolute atomic E-state index is 9.99. The number of para-hydroxylation sites is 1. The van der Waals surface area contributed by atoms with E-state index in [-0.39, 0.29) is 5.75 Å². The number of phenolic OH excluding ortho intramolecular Hbond substituents is 1. The molecule has 188 valence electrons. The molecule has 1 aliphatic rings. The molecule has 3 N–H and O–H groups in total. The Kier molecular flexibility index (Phi) is 7.55.